The van der Waals surface area contributed by atoms with Gasteiger partial charge in [0, 0.05) is 0 Å². The molecule has 1 atom stereocenters. The Morgan fingerprint density at radius 3 is 2.62 bits per heavy atom. The van der Waals surface area contributed by atoms with Crippen molar-refractivity contribution in [3.05, 3.63) is 34.9 Å². The van der Waals surface area contributed by atoms with Gasteiger partial charge in [-0.15, -0.1) is 0 Å². The molecular weight excluding hydrogens is 165 g/mol. The van der Waals surface area contributed by atoms with E-state index in [0.29, 0.717) is 13.0 Å². The molecule has 0 fully saturated rings. The lowest BCUT2D eigenvalue weighted by molar-refractivity contribution is 0.326. The molecule has 0 saturated carbocycles. The van der Waals surface area contributed by atoms with Gasteiger partial charge in [-0.2, -0.15) is 0 Å². The molecule has 1 aromatic carbocycles. The molecule has 1 nitrogen and oxygen atoms in total. The van der Waals surface area contributed by atoms with Crippen molar-refractivity contribution in [1.29, 1.82) is 0 Å². The van der Waals surface area contributed by atoms with Gasteiger partial charge >= 0.3 is 0 Å². The molecule has 0 radical (unpaired) electrons. The van der Waals surface area contributed by atoms with Gasteiger partial charge in [-0.25, -0.2) is 4.39 Å². The summed E-state index contributed by atoms with van der Waals surface area (Å²) < 4.78 is 13.4. The summed E-state index contributed by atoms with van der Waals surface area (Å²) in [6, 6.07) is 5.79. The molecule has 0 amide bonds. The SMILES string of the molecule is Cc1ccc(C(F)CCN)c(C)c1. The first-order valence-electron chi connectivity index (χ1n) is 4.56. The van der Waals surface area contributed by atoms with Crippen LogP contribution in [0.5, 0.6) is 0 Å². The lowest BCUT2D eigenvalue weighted by Crippen LogP contribution is -2.04. The number of halogens is 1. The average Bonchev–Trinajstić information content (AvgIpc) is 2.04. The van der Waals surface area contributed by atoms with Crippen LogP contribution < -0.4 is 5.73 Å². The zero-order valence-corrected chi connectivity index (χ0v) is 8.18. The molecule has 0 saturated heterocycles. The highest BCUT2D eigenvalue weighted by atomic mass is 19.1. The van der Waals surface area contributed by atoms with Gasteiger partial charge in [0.1, 0.15) is 6.17 Å². The first-order chi connectivity index (χ1) is 6.15. The average molecular weight is 181 g/mol. The fourth-order valence-corrected chi connectivity index (χ4v) is 1.48. The van der Waals surface area contributed by atoms with Gasteiger partial charge in [0.25, 0.3) is 0 Å². The highest BCUT2D eigenvalue weighted by Gasteiger charge is 2.10. The van der Waals surface area contributed by atoms with Crippen LogP contribution in [-0.2, 0) is 0 Å². The maximum Gasteiger partial charge on any atom is 0.127 e. The molecule has 2 heteroatoms. The van der Waals surface area contributed by atoms with E-state index in [1.54, 1.807) is 0 Å². The predicted octanol–water partition coefficient (Wildman–Crippen LogP) is 2.66. The number of rotatable bonds is 3. The van der Waals surface area contributed by atoms with Crippen molar-refractivity contribution in [2.45, 2.75) is 26.4 Å². The Bertz CT molecular complexity index is 283. The minimum absolute atomic E-state index is 0.397. The van der Waals surface area contributed by atoms with E-state index in [0.717, 1.165) is 11.1 Å². The predicted molar refractivity (Wildman–Crippen MR) is 53.4 cm³/mol. The fraction of sp³-hybridized carbons (Fsp3) is 0.455. The Hall–Kier alpha value is -0.890. The van der Waals surface area contributed by atoms with Gasteiger partial charge in [-0.05, 0) is 37.9 Å². The Morgan fingerprint density at radius 2 is 2.08 bits per heavy atom. The summed E-state index contributed by atoms with van der Waals surface area (Å²) in [7, 11) is 0. The first-order valence-corrected chi connectivity index (χ1v) is 4.56. The van der Waals surface area contributed by atoms with Gasteiger partial charge in [0.2, 0.25) is 0 Å². The van der Waals surface area contributed by atoms with Gasteiger partial charge < -0.3 is 5.73 Å². The van der Waals surface area contributed by atoms with Gasteiger partial charge in [0.15, 0.2) is 0 Å². The molecule has 0 aliphatic heterocycles. The number of nitrogens with two attached hydrogens (primary N) is 1. The number of hydrogen-bond acceptors (Lipinski definition) is 1. The van der Waals surface area contributed by atoms with Crippen LogP contribution in [0.25, 0.3) is 0 Å². The smallest absolute Gasteiger partial charge is 0.127 e. The Kier molecular flexibility index (Phi) is 3.43. The quantitative estimate of drug-likeness (QED) is 0.762. The zero-order valence-electron chi connectivity index (χ0n) is 8.18. The molecule has 1 rings (SSSR count). The molecule has 0 heterocycles. The summed E-state index contributed by atoms with van der Waals surface area (Å²) in [5.74, 6) is 0. The van der Waals surface area contributed by atoms with Crippen LogP contribution in [0.4, 0.5) is 4.39 Å². The lowest BCUT2D eigenvalue weighted by atomic mass is 10.0. The van der Waals surface area contributed by atoms with Gasteiger partial charge in [0.05, 0.1) is 0 Å². The molecule has 1 aromatic rings. The number of aryl methyl sites for hydroxylation is 2. The van der Waals surface area contributed by atoms with Crippen molar-refractivity contribution in [3.63, 3.8) is 0 Å². The van der Waals surface area contributed by atoms with Crippen molar-refractivity contribution in [2.75, 3.05) is 6.54 Å². The number of benzene rings is 1. The summed E-state index contributed by atoms with van der Waals surface area (Å²) in [5.41, 5.74) is 8.26. The van der Waals surface area contributed by atoms with E-state index in [9.17, 15) is 4.39 Å². The largest absolute Gasteiger partial charge is 0.330 e. The van der Waals surface area contributed by atoms with E-state index in [4.69, 9.17) is 5.73 Å². The molecule has 13 heavy (non-hydrogen) atoms. The molecule has 0 aliphatic carbocycles. The van der Waals surface area contributed by atoms with E-state index < -0.39 is 6.17 Å². The minimum Gasteiger partial charge on any atom is -0.330 e. The second-order valence-electron chi connectivity index (χ2n) is 3.40. The second kappa shape index (κ2) is 4.38. The third-order valence-corrected chi connectivity index (χ3v) is 2.18. The van der Waals surface area contributed by atoms with Crippen LogP contribution in [-0.4, -0.2) is 6.54 Å². The Labute approximate surface area is 78.8 Å². The van der Waals surface area contributed by atoms with Gasteiger partial charge in [-0.3, -0.25) is 0 Å². The molecular formula is C11H16FN. The summed E-state index contributed by atoms with van der Waals surface area (Å²) in [6.07, 6.45) is -0.505. The van der Waals surface area contributed by atoms with Crippen molar-refractivity contribution in [3.8, 4) is 0 Å². The zero-order chi connectivity index (χ0) is 9.84. The lowest BCUT2D eigenvalue weighted by Gasteiger charge is -2.10. The van der Waals surface area contributed by atoms with Crippen LogP contribution in [0.15, 0.2) is 18.2 Å². The van der Waals surface area contributed by atoms with Gasteiger partial charge in [-0.1, -0.05) is 23.8 Å². The molecule has 0 aromatic heterocycles. The van der Waals surface area contributed by atoms with E-state index in [2.05, 4.69) is 0 Å². The second-order valence-corrected chi connectivity index (χ2v) is 3.40. The number of alkyl halides is 1. The van der Waals surface area contributed by atoms with E-state index >= 15 is 0 Å². The van der Waals surface area contributed by atoms with E-state index in [1.165, 1.54) is 5.56 Å². The molecule has 1 unspecified atom stereocenters. The topological polar surface area (TPSA) is 26.0 Å². The number of hydrogen-bond donors (Lipinski definition) is 1. The maximum absolute atomic E-state index is 13.4. The third-order valence-electron chi connectivity index (χ3n) is 2.18. The normalized spacial score (nSPS) is 12.9. The third kappa shape index (κ3) is 2.52. The molecule has 0 bridgehead atoms. The first kappa shape index (κ1) is 10.2. The Morgan fingerprint density at radius 1 is 1.38 bits per heavy atom. The van der Waals surface area contributed by atoms with Crippen molar-refractivity contribution in [1.82, 2.24) is 0 Å². The summed E-state index contributed by atoms with van der Waals surface area (Å²) >= 11 is 0. The monoisotopic (exact) mass is 181 g/mol. The maximum atomic E-state index is 13.4. The summed E-state index contributed by atoms with van der Waals surface area (Å²) in [4.78, 5) is 0. The van der Waals surface area contributed by atoms with Crippen LogP contribution in [0, 0.1) is 13.8 Å². The summed E-state index contributed by atoms with van der Waals surface area (Å²) in [5, 5.41) is 0. The van der Waals surface area contributed by atoms with E-state index in [1.807, 2.05) is 32.0 Å². The highest BCUT2D eigenvalue weighted by molar-refractivity contribution is 5.31. The Balaban J connectivity index is 2.88. The van der Waals surface area contributed by atoms with Crippen LogP contribution in [0.1, 0.15) is 29.3 Å². The molecule has 0 aliphatic rings. The van der Waals surface area contributed by atoms with Crippen molar-refractivity contribution < 1.29 is 4.39 Å². The molecule has 0 spiro atoms. The van der Waals surface area contributed by atoms with Crippen molar-refractivity contribution in [2.24, 2.45) is 5.73 Å². The minimum atomic E-state index is -0.911. The van der Waals surface area contributed by atoms with E-state index in [-0.39, 0.29) is 0 Å². The molecule has 72 valence electrons. The van der Waals surface area contributed by atoms with Crippen LogP contribution >= 0.6 is 0 Å². The summed E-state index contributed by atoms with van der Waals surface area (Å²) in [6.45, 7) is 4.34. The highest BCUT2D eigenvalue weighted by Crippen LogP contribution is 2.24. The van der Waals surface area contributed by atoms with Crippen LogP contribution in [0.3, 0.4) is 0 Å². The standard InChI is InChI=1S/C11H16FN/c1-8-3-4-10(9(2)7-8)11(12)5-6-13/h3-4,7,11H,5-6,13H2,1-2H3. The molecule has 2 N–H and O–H groups in total. The fourth-order valence-electron chi connectivity index (χ4n) is 1.48. The van der Waals surface area contributed by atoms with Crippen LogP contribution in [0.2, 0.25) is 0 Å². The van der Waals surface area contributed by atoms with Crippen molar-refractivity contribution >= 4 is 0 Å².